The van der Waals surface area contributed by atoms with Crippen LogP contribution in [0.2, 0.25) is 0 Å². The third-order valence-electron chi connectivity index (χ3n) is 5.81. The van der Waals surface area contributed by atoms with Crippen molar-refractivity contribution in [3.63, 3.8) is 0 Å². The van der Waals surface area contributed by atoms with Crippen LogP contribution in [0.1, 0.15) is 53.0 Å². The normalized spacial score (nSPS) is 14.6. The molecule has 1 saturated heterocycles. The topological polar surface area (TPSA) is 80.2 Å². The molecule has 162 valence electrons. The molecule has 1 N–H and O–H groups in total. The Bertz CT molecular complexity index is 1090. The van der Waals surface area contributed by atoms with Gasteiger partial charge in [0.2, 0.25) is 0 Å². The number of carbonyl (C=O) groups excluding carboxylic acids is 1. The Hall–Kier alpha value is -3.35. The lowest BCUT2D eigenvalue weighted by atomic mass is 9.95. The number of para-hydroxylation sites is 1. The van der Waals surface area contributed by atoms with Crippen LogP contribution in [-0.4, -0.2) is 45.3 Å². The molecule has 1 fully saturated rings. The van der Waals surface area contributed by atoms with Crippen LogP contribution >= 0.6 is 0 Å². The van der Waals surface area contributed by atoms with Crippen LogP contribution in [0.4, 0.5) is 0 Å². The first-order valence-corrected chi connectivity index (χ1v) is 10.8. The fourth-order valence-electron chi connectivity index (χ4n) is 4.11. The van der Waals surface area contributed by atoms with Crippen LogP contribution in [-0.2, 0) is 6.54 Å². The number of H-pyrrole nitrogens is 1. The van der Waals surface area contributed by atoms with E-state index in [9.17, 15) is 9.59 Å². The highest BCUT2D eigenvalue weighted by molar-refractivity contribution is 5.97. The summed E-state index contributed by atoms with van der Waals surface area (Å²) in [6.07, 6.45) is 1.53. The van der Waals surface area contributed by atoms with Crippen LogP contribution in [0.5, 0.6) is 5.75 Å². The fourth-order valence-corrected chi connectivity index (χ4v) is 4.11. The molecule has 4 rings (SSSR count). The number of rotatable bonds is 6. The lowest BCUT2D eigenvalue weighted by Gasteiger charge is -2.32. The number of nitrogens with zero attached hydrogens (tertiary/aromatic N) is 3. The zero-order chi connectivity index (χ0) is 21.8. The molecule has 2 aromatic carbocycles. The Morgan fingerprint density at radius 3 is 2.55 bits per heavy atom. The summed E-state index contributed by atoms with van der Waals surface area (Å²) < 4.78 is 7.34. The molecule has 1 amide bonds. The van der Waals surface area contributed by atoms with Gasteiger partial charge in [-0.15, -0.1) is 0 Å². The van der Waals surface area contributed by atoms with Crippen molar-refractivity contribution in [2.45, 2.75) is 39.2 Å². The van der Waals surface area contributed by atoms with Crippen molar-refractivity contribution in [2.75, 3.05) is 19.7 Å². The highest BCUT2D eigenvalue weighted by Crippen LogP contribution is 2.28. The summed E-state index contributed by atoms with van der Waals surface area (Å²) in [5.74, 6) is 1.51. The molecule has 0 atom stereocenters. The Kier molecular flexibility index (Phi) is 6.21. The number of aromatic amines is 1. The average molecular weight is 421 g/mol. The van der Waals surface area contributed by atoms with Crippen LogP contribution in [0.3, 0.4) is 0 Å². The largest absolute Gasteiger partial charge is 0.493 e. The molecule has 2 heterocycles. The number of piperidine rings is 1. The maximum absolute atomic E-state index is 13.0. The van der Waals surface area contributed by atoms with E-state index in [1.165, 1.54) is 5.56 Å². The Labute approximate surface area is 181 Å². The molecular weight excluding hydrogens is 392 g/mol. The second-order valence-electron chi connectivity index (χ2n) is 7.95. The van der Waals surface area contributed by atoms with Gasteiger partial charge in [0.25, 0.3) is 5.91 Å². The van der Waals surface area contributed by atoms with Gasteiger partial charge in [-0.2, -0.15) is 5.10 Å². The Morgan fingerprint density at radius 2 is 1.84 bits per heavy atom. The van der Waals surface area contributed by atoms with Gasteiger partial charge >= 0.3 is 5.69 Å². The number of benzene rings is 2. The van der Waals surface area contributed by atoms with E-state index in [0.29, 0.717) is 37.6 Å². The third-order valence-corrected chi connectivity index (χ3v) is 5.81. The van der Waals surface area contributed by atoms with Gasteiger partial charge in [0.1, 0.15) is 11.6 Å². The molecule has 3 aromatic rings. The first-order valence-electron chi connectivity index (χ1n) is 10.8. The molecule has 1 aliphatic rings. The second-order valence-corrected chi connectivity index (χ2v) is 7.95. The maximum Gasteiger partial charge on any atom is 0.343 e. The second kappa shape index (κ2) is 9.20. The lowest BCUT2D eigenvalue weighted by Crippen LogP contribution is -2.38. The molecule has 7 nitrogen and oxygen atoms in total. The zero-order valence-electron chi connectivity index (χ0n) is 18.0. The molecule has 0 radical (unpaired) electrons. The third kappa shape index (κ3) is 4.55. The summed E-state index contributed by atoms with van der Waals surface area (Å²) in [6, 6.07) is 15.5. The minimum Gasteiger partial charge on any atom is -0.493 e. The van der Waals surface area contributed by atoms with Crippen LogP contribution < -0.4 is 10.4 Å². The number of likely N-dealkylation sites (tertiary alicyclic amines) is 1. The van der Waals surface area contributed by atoms with E-state index >= 15 is 0 Å². The van der Waals surface area contributed by atoms with Crippen molar-refractivity contribution < 1.29 is 9.53 Å². The van der Waals surface area contributed by atoms with Crippen molar-refractivity contribution in [2.24, 2.45) is 0 Å². The van der Waals surface area contributed by atoms with Crippen molar-refractivity contribution in [3.8, 4) is 5.75 Å². The number of carbonyl (C=O) groups is 1. The van der Waals surface area contributed by atoms with Gasteiger partial charge in [-0.05, 0) is 44.4 Å². The van der Waals surface area contributed by atoms with E-state index in [0.717, 1.165) is 24.2 Å². The summed E-state index contributed by atoms with van der Waals surface area (Å²) in [4.78, 5) is 27.3. The van der Waals surface area contributed by atoms with Gasteiger partial charge in [-0.1, -0.05) is 42.0 Å². The van der Waals surface area contributed by atoms with Crippen LogP contribution in [0.25, 0.3) is 0 Å². The first kappa shape index (κ1) is 20.9. The average Bonchev–Trinajstić information content (AvgIpc) is 3.15. The molecule has 0 bridgehead atoms. The van der Waals surface area contributed by atoms with E-state index in [1.807, 2.05) is 67.3 Å². The number of nitrogens with one attached hydrogen (secondary N) is 1. The molecule has 0 aliphatic carbocycles. The SMILES string of the molecule is CCOc1ccccc1C(=O)N1CCC(c2n[nH]c(=O)n2Cc2ccc(C)cc2)CC1. The summed E-state index contributed by atoms with van der Waals surface area (Å²) in [5.41, 5.74) is 2.65. The van der Waals surface area contributed by atoms with Crippen LogP contribution in [0, 0.1) is 6.92 Å². The van der Waals surface area contributed by atoms with Gasteiger partial charge in [-0.25, -0.2) is 9.89 Å². The van der Waals surface area contributed by atoms with Crippen molar-refractivity contribution in [3.05, 3.63) is 81.5 Å². The Balaban J connectivity index is 1.45. The molecule has 0 saturated carbocycles. The monoisotopic (exact) mass is 420 g/mol. The molecule has 0 unspecified atom stereocenters. The van der Waals surface area contributed by atoms with E-state index < -0.39 is 0 Å². The van der Waals surface area contributed by atoms with Gasteiger partial charge in [0.05, 0.1) is 18.7 Å². The van der Waals surface area contributed by atoms with Gasteiger partial charge in [0, 0.05) is 19.0 Å². The quantitative estimate of drug-likeness (QED) is 0.663. The predicted molar refractivity (Wildman–Crippen MR) is 119 cm³/mol. The Morgan fingerprint density at radius 1 is 1.13 bits per heavy atom. The summed E-state index contributed by atoms with van der Waals surface area (Å²) in [6.45, 7) is 6.20. The lowest BCUT2D eigenvalue weighted by molar-refractivity contribution is 0.0706. The van der Waals surface area contributed by atoms with Crippen molar-refractivity contribution in [1.82, 2.24) is 19.7 Å². The molecule has 0 spiro atoms. The minimum absolute atomic E-state index is 0.0124. The number of ether oxygens (including phenoxy) is 1. The van der Waals surface area contributed by atoms with E-state index in [1.54, 1.807) is 4.57 Å². The molecule has 7 heteroatoms. The smallest absolute Gasteiger partial charge is 0.343 e. The number of aryl methyl sites for hydroxylation is 1. The number of hydrogen-bond donors (Lipinski definition) is 1. The first-order chi connectivity index (χ1) is 15.1. The number of aromatic nitrogens is 3. The standard InChI is InChI=1S/C24H28N4O3/c1-3-31-21-7-5-4-6-20(21)23(29)27-14-12-19(13-15-27)22-25-26-24(30)28(22)16-18-10-8-17(2)9-11-18/h4-11,19H,3,12-16H2,1-2H3,(H,26,30). The van der Waals surface area contributed by atoms with Crippen molar-refractivity contribution >= 4 is 5.91 Å². The molecule has 1 aliphatic heterocycles. The summed E-state index contributed by atoms with van der Waals surface area (Å²) in [7, 11) is 0. The predicted octanol–water partition coefficient (Wildman–Crippen LogP) is 3.35. The van der Waals surface area contributed by atoms with Gasteiger partial charge in [-0.3, -0.25) is 9.36 Å². The maximum atomic E-state index is 13.0. The van der Waals surface area contributed by atoms with E-state index in [-0.39, 0.29) is 17.5 Å². The van der Waals surface area contributed by atoms with E-state index in [2.05, 4.69) is 10.2 Å². The van der Waals surface area contributed by atoms with Gasteiger partial charge in [0.15, 0.2) is 0 Å². The fraction of sp³-hybridized carbons (Fsp3) is 0.375. The molecule has 31 heavy (non-hydrogen) atoms. The number of amides is 1. The molecular formula is C24H28N4O3. The van der Waals surface area contributed by atoms with Crippen molar-refractivity contribution in [1.29, 1.82) is 0 Å². The highest BCUT2D eigenvalue weighted by Gasteiger charge is 2.29. The number of hydrogen-bond acceptors (Lipinski definition) is 4. The van der Waals surface area contributed by atoms with Crippen LogP contribution in [0.15, 0.2) is 53.3 Å². The highest BCUT2D eigenvalue weighted by atomic mass is 16.5. The van der Waals surface area contributed by atoms with E-state index in [4.69, 9.17) is 4.74 Å². The van der Waals surface area contributed by atoms with Gasteiger partial charge < -0.3 is 9.64 Å². The summed E-state index contributed by atoms with van der Waals surface area (Å²) >= 11 is 0. The minimum atomic E-state index is -0.195. The summed E-state index contributed by atoms with van der Waals surface area (Å²) in [5, 5.41) is 6.93. The zero-order valence-corrected chi connectivity index (χ0v) is 18.0. The molecule has 1 aromatic heterocycles.